The summed E-state index contributed by atoms with van der Waals surface area (Å²) in [6.07, 6.45) is 1.09. The van der Waals surface area contributed by atoms with Gasteiger partial charge in [0, 0.05) is 0 Å². The summed E-state index contributed by atoms with van der Waals surface area (Å²) < 4.78 is 1.74. The number of thiazole rings is 1. The van der Waals surface area contributed by atoms with Crippen LogP contribution in [0.15, 0.2) is 6.33 Å². The monoisotopic (exact) mass is 183 g/mol. The number of aromatic nitrogens is 3. The summed E-state index contributed by atoms with van der Waals surface area (Å²) in [7, 11) is 0. The lowest BCUT2D eigenvalue weighted by Crippen LogP contribution is -1.93. The van der Waals surface area contributed by atoms with Gasteiger partial charge in [-0.15, -0.1) is 0 Å². The van der Waals surface area contributed by atoms with E-state index in [1.165, 1.54) is 17.7 Å². The van der Waals surface area contributed by atoms with Crippen LogP contribution in [0.25, 0.3) is 4.96 Å². The van der Waals surface area contributed by atoms with Gasteiger partial charge in [-0.25, -0.2) is 9.50 Å². The van der Waals surface area contributed by atoms with Crippen molar-refractivity contribution in [2.75, 3.05) is 0 Å². The van der Waals surface area contributed by atoms with Crippen LogP contribution in [0.5, 0.6) is 0 Å². The highest BCUT2D eigenvalue weighted by Crippen LogP contribution is 2.26. The summed E-state index contributed by atoms with van der Waals surface area (Å²) in [4.78, 5) is 5.81. The Morgan fingerprint density at radius 2 is 2.42 bits per heavy atom. The number of aryl methyl sites for hydroxylation is 1. The van der Waals surface area contributed by atoms with Crippen LogP contribution in [0.3, 0.4) is 0 Å². The van der Waals surface area contributed by atoms with Crippen molar-refractivity contribution in [3.63, 3.8) is 0 Å². The lowest BCUT2D eigenvalue weighted by molar-refractivity contribution is 0.202. The van der Waals surface area contributed by atoms with Crippen LogP contribution in [0.4, 0.5) is 0 Å². The van der Waals surface area contributed by atoms with E-state index >= 15 is 0 Å². The second kappa shape index (κ2) is 2.53. The molecule has 4 nitrogen and oxygen atoms in total. The fourth-order valence-electron chi connectivity index (χ4n) is 1.19. The Bertz CT molecular complexity index is 404. The van der Waals surface area contributed by atoms with Gasteiger partial charge < -0.3 is 5.11 Å². The lowest BCUT2D eigenvalue weighted by Gasteiger charge is -1.99. The molecule has 64 valence electrons. The molecule has 0 aliphatic carbocycles. The van der Waals surface area contributed by atoms with Gasteiger partial charge in [-0.1, -0.05) is 11.3 Å². The third kappa shape index (κ3) is 0.937. The summed E-state index contributed by atoms with van der Waals surface area (Å²) in [5.41, 5.74) is 0.975. The Morgan fingerprint density at radius 3 is 3.00 bits per heavy atom. The molecule has 12 heavy (non-hydrogen) atoms. The molecule has 0 radical (unpaired) electrons. The minimum Gasteiger partial charge on any atom is -0.388 e. The first-order valence-electron chi connectivity index (χ1n) is 3.67. The molecule has 2 heterocycles. The molecular weight excluding hydrogens is 174 g/mol. The molecule has 0 spiro atoms. The van der Waals surface area contributed by atoms with E-state index in [0.717, 1.165) is 15.5 Å². The number of rotatable bonds is 1. The first kappa shape index (κ1) is 7.70. The van der Waals surface area contributed by atoms with Gasteiger partial charge in [0.25, 0.3) is 0 Å². The van der Waals surface area contributed by atoms with Gasteiger partial charge in [-0.2, -0.15) is 5.10 Å². The molecule has 0 bridgehead atoms. The van der Waals surface area contributed by atoms with Crippen LogP contribution in [0.1, 0.15) is 23.6 Å². The van der Waals surface area contributed by atoms with Gasteiger partial charge >= 0.3 is 0 Å². The Morgan fingerprint density at radius 1 is 1.67 bits per heavy atom. The number of aliphatic hydroxyl groups is 1. The highest BCUT2D eigenvalue weighted by Gasteiger charge is 2.13. The van der Waals surface area contributed by atoms with Crippen molar-refractivity contribution in [2.45, 2.75) is 20.0 Å². The van der Waals surface area contributed by atoms with E-state index in [9.17, 15) is 5.11 Å². The fourth-order valence-corrected chi connectivity index (χ4v) is 2.17. The minimum atomic E-state index is -0.432. The molecule has 0 saturated carbocycles. The van der Waals surface area contributed by atoms with E-state index < -0.39 is 6.10 Å². The molecule has 2 rings (SSSR count). The van der Waals surface area contributed by atoms with Gasteiger partial charge in [0.05, 0.1) is 16.7 Å². The first-order chi connectivity index (χ1) is 5.70. The lowest BCUT2D eigenvalue weighted by atomic mass is 10.3. The van der Waals surface area contributed by atoms with E-state index in [1.54, 1.807) is 11.4 Å². The molecule has 0 amide bonds. The third-order valence-corrected chi connectivity index (χ3v) is 3.09. The summed E-state index contributed by atoms with van der Waals surface area (Å²) in [5.74, 6) is 0. The van der Waals surface area contributed by atoms with Crippen LogP contribution >= 0.6 is 11.3 Å². The van der Waals surface area contributed by atoms with Crippen molar-refractivity contribution in [3.8, 4) is 0 Å². The molecule has 2 aromatic rings. The van der Waals surface area contributed by atoms with Gasteiger partial charge in [0.15, 0.2) is 0 Å². The zero-order valence-corrected chi connectivity index (χ0v) is 7.67. The smallest absolute Gasteiger partial charge is 0.212 e. The van der Waals surface area contributed by atoms with Crippen molar-refractivity contribution in [3.05, 3.63) is 16.9 Å². The predicted molar refractivity (Wildman–Crippen MR) is 46.2 cm³/mol. The summed E-state index contributed by atoms with van der Waals surface area (Å²) in [6, 6.07) is 0. The second-order valence-corrected chi connectivity index (χ2v) is 3.69. The molecule has 0 saturated heterocycles. The van der Waals surface area contributed by atoms with Gasteiger partial charge in [-0.3, -0.25) is 0 Å². The Hall–Kier alpha value is -0.940. The van der Waals surface area contributed by atoms with E-state index in [-0.39, 0.29) is 0 Å². The summed E-state index contributed by atoms with van der Waals surface area (Å²) >= 11 is 1.48. The number of fused-ring (bicyclic) bond motifs is 1. The van der Waals surface area contributed by atoms with E-state index in [0.29, 0.717) is 0 Å². The highest BCUT2D eigenvalue weighted by molar-refractivity contribution is 7.17. The largest absolute Gasteiger partial charge is 0.388 e. The molecule has 0 aliphatic heterocycles. The standard InChI is InChI=1S/C7H9N3OS/c1-4-6(5(2)11)12-7-8-3-9-10(4)7/h3,5,11H,1-2H3/t5-/m0/s1. The quantitative estimate of drug-likeness (QED) is 0.721. The van der Waals surface area contributed by atoms with Crippen molar-refractivity contribution in [1.29, 1.82) is 0 Å². The average molecular weight is 183 g/mol. The third-order valence-electron chi connectivity index (χ3n) is 1.77. The zero-order valence-electron chi connectivity index (χ0n) is 6.85. The summed E-state index contributed by atoms with van der Waals surface area (Å²) in [5, 5.41) is 13.4. The molecule has 2 aromatic heterocycles. The van der Waals surface area contributed by atoms with Crippen molar-refractivity contribution < 1.29 is 5.11 Å². The Kier molecular flexibility index (Phi) is 1.62. The minimum absolute atomic E-state index is 0.432. The number of hydrogen-bond donors (Lipinski definition) is 1. The average Bonchev–Trinajstić information content (AvgIpc) is 2.53. The van der Waals surface area contributed by atoms with Gasteiger partial charge in [-0.05, 0) is 13.8 Å². The number of aliphatic hydroxyl groups excluding tert-OH is 1. The summed E-state index contributed by atoms with van der Waals surface area (Å²) in [6.45, 7) is 3.68. The zero-order chi connectivity index (χ0) is 8.72. The molecule has 0 aromatic carbocycles. The first-order valence-corrected chi connectivity index (χ1v) is 4.49. The van der Waals surface area contributed by atoms with Gasteiger partial charge in [0.1, 0.15) is 6.33 Å². The molecular formula is C7H9N3OS. The van der Waals surface area contributed by atoms with E-state index in [1.807, 2.05) is 6.92 Å². The molecule has 0 unspecified atom stereocenters. The van der Waals surface area contributed by atoms with Crippen LogP contribution in [0.2, 0.25) is 0 Å². The predicted octanol–water partition coefficient (Wildman–Crippen LogP) is 1.15. The maximum Gasteiger partial charge on any atom is 0.212 e. The maximum atomic E-state index is 9.37. The number of nitrogens with zero attached hydrogens (tertiary/aromatic N) is 3. The highest BCUT2D eigenvalue weighted by atomic mass is 32.1. The SMILES string of the molecule is Cc1c([C@H](C)O)sc2ncnn12. The fraction of sp³-hybridized carbons (Fsp3) is 0.429. The molecule has 1 atom stereocenters. The van der Waals surface area contributed by atoms with Gasteiger partial charge in [0.2, 0.25) is 4.96 Å². The van der Waals surface area contributed by atoms with Crippen LogP contribution in [-0.4, -0.2) is 19.7 Å². The Balaban J connectivity index is 2.70. The topological polar surface area (TPSA) is 50.4 Å². The van der Waals surface area contributed by atoms with Crippen LogP contribution < -0.4 is 0 Å². The second-order valence-electron chi connectivity index (χ2n) is 2.68. The Labute approximate surface area is 73.5 Å². The van der Waals surface area contributed by atoms with Crippen molar-refractivity contribution >= 4 is 16.3 Å². The van der Waals surface area contributed by atoms with E-state index in [2.05, 4.69) is 10.1 Å². The van der Waals surface area contributed by atoms with Crippen molar-refractivity contribution in [2.24, 2.45) is 0 Å². The van der Waals surface area contributed by atoms with Crippen molar-refractivity contribution in [1.82, 2.24) is 14.6 Å². The van der Waals surface area contributed by atoms with E-state index in [4.69, 9.17) is 0 Å². The normalized spacial score (nSPS) is 13.9. The van der Waals surface area contributed by atoms with Crippen LogP contribution in [0, 0.1) is 6.92 Å². The number of hydrogen-bond acceptors (Lipinski definition) is 4. The van der Waals surface area contributed by atoms with Crippen LogP contribution in [-0.2, 0) is 0 Å². The molecule has 0 aliphatic rings. The molecule has 5 heteroatoms. The maximum absolute atomic E-state index is 9.37. The molecule has 1 N–H and O–H groups in total. The molecule has 0 fully saturated rings.